The molecule has 2 heterocycles. The molecule has 0 bridgehead atoms. The third-order valence-electron chi connectivity index (χ3n) is 5.14. The van der Waals surface area contributed by atoms with Gasteiger partial charge in [-0.1, -0.05) is 41.9 Å². The average Bonchev–Trinajstić information content (AvgIpc) is 3.25. The van der Waals surface area contributed by atoms with Gasteiger partial charge in [-0.05, 0) is 42.5 Å². The van der Waals surface area contributed by atoms with E-state index < -0.39 is 15.9 Å². The lowest BCUT2D eigenvalue weighted by Crippen LogP contribution is -2.16. The number of halogens is 1. The van der Waals surface area contributed by atoms with Gasteiger partial charge in [-0.15, -0.1) is 0 Å². The molecule has 170 valence electrons. The Kier molecular flexibility index (Phi) is 5.31. The van der Waals surface area contributed by atoms with Crippen molar-refractivity contribution in [3.63, 3.8) is 0 Å². The summed E-state index contributed by atoms with van der Waals surface area (Å²) in [7, 11) is -3.96. The zero-order valence-electron chi connectivity index (χ0n) is 17.3. The molecule has 3 N–H and O–H groups in total. The van der Waals surface area contributed by atoms with E-state index in [0.29, 0.717) is 10.9 Å². The summed E-state index contributed by atoms with van der Waals surface area (Å²) in [5.41, 5.74) is 1.04. The molecule has 1 amide bonds. The van der Waals surface area contributed by atoms with Crippen LogP contribution >= 0.6 is 11.6 Å². The predicted molar refractivity (Wildman–Crippen MR) is 130 cm³/mol. The second-order valence-electron chi connectivity index (χ2n) is 7.36. The van der Waals surface area contributed by atoms with Gasteiger partial charge in [0.1, 0.15) is 11.2 Å². The van der Waals surface area contributed by atoms with E-state index in [1.54, 1.807) is 54.6 Å². The van der Waals surface area contributed by atoms with Crippen molar-refractivity contribution in [3.8, 4) is 0 Å². The van der Waals surface area contributed by atoms with E-state index in [2.05, 4.69) is 20.1 Å². The summed E-state index contributed by atoms with van der Waals surface area (Å²) in [6, 6.07) is 19.1. The Bertz CT molecular complexity index is 1740. The predicted octanol–water partition coefficient (Wildman–Crippen LogP) is 3.88. The largest absolute Gasteiger partial charge is 0.322 e. The van der Waals surface area contributed by atoms with E-state index in [1.165, 1.54) is 28.9 Å². The van der Waals surface area contributed by atoms with Gasteiger partial charge in [-0.25, -0.2) is 12.9 Å². The van der Waals surface area contributed by atoms with Crippen molar-refractivity contribution in [2.75, 3.05) is 10.0 Å². The molecule has 0 unspecified atom stereocenters. The van der Waals surface area contributed by atoms with Crippen molar-refractivity contribution in [2.45, 2.75) is 4.90 Å². The van der Waals surface area contributed by atoms with Crippen LogP contribution in [-0.4, -0.2) is 28.9 Å². The number of sulfonamides is 1. The highest BCUT2D eigenvalue weighted by molar-refractivity contribution is 7.92. The number of nitrogens with zero attached hydrogens (tertiary/aromatic N) is 2. The third kappa shape index (κ3) is 3.89. The lowest BCUT2D eigenvalue weighted by Gasteiger charge is -2.11. The van der Waals surface area contributed by atoms with Crippen LogP contribution < -0.4 is 15.6 Å². The lowest BCUT2D eigenvalue weighted by atomic mass is 10.2. The Morgan fingerprint density at radius 3 is 2.59 bits per heavy atom. The number of para-hydroxylation sites is 2. The van der Waals surface area contributed by atoms with Gasteiger partial charge in [-0.2, -0.15) is 5.10 Å². The molecule has 2 aromatic heterocycles. The molecular weight excluding hydrogens is 478 g/mol. The first-order valence-corrected chi connectivity index (χ1v) is 11.9. The van der Waals surface area contributed by atoms with Crippen LogP contribution in [0.15, 0.2) is 88.7 Å². The summed E-state index contributed by atoms with van der Waals surface area (Å²) in [4.78, 5) is 28.0. The van der Waals surface area contributed by atoms with Gasteiger partial charge in [0.2, 0.25) is 0 Å². The zero-order chi connectivity index (χ0) is 23.9. The van der Waals surface area contributed by atoms with Crippen LogP contribution in [0.3, 0.4) is 0 Å². The summed E-state index contributed by atoms with van der Waals surface area (Å²) in [5.74, 6) is -0.561. The van der Waals surface area contributed by atoms with Crippen molar-refractivity contribution in [1.29, 1.82) is 0 Å². The fraction of sp³-hybridized carbons (Fsp3) is 0. The monoisotopic (exact) mass is 493 g/mol. The first-order valence-electron chi connectivity index (χ1n) is 10.0. The van der Waals surface area contributed by atoms with Gasteiger partial charge in [0.15, 0.2) is 0 Å². The summed E-state index contributed by atoms with van der Waals surface area (Å²) in [6.07, 6.45) is 1.34. The first kappa shape index (κ1) is 21.7. The van der Waals surface area contributed by atoms with E-state index in [0.717, 1.165) is 0 Å². The van der Waals surface area contributed by atoms with E-state index >= 15 is 0 Å². The van der Waals surface area contributed by atoms with Crippen LogP contribution in [-0.2, 0) is 10.0 Å². The van der Waals surface area contributed by atoms with Crippen LogP contribution in [0, 0.1) is 0 Å². The fourth-order valence-electron chi connectivity index (χ4n) is 3.53. The van der Waals surface area contributed by atoms with Gasteiger partial charge in [0, 0.05) is 5.69 Å². The van der Waals surface area contributed by atoms with Crippen LogP contribution in [0.25, 0.3) is 16.6 Å². The van der Waals surface area contributed by atoms with Gasteiger partial charge >= 0.3 is 0 Å². The molecule has 0 atom stereocenters. The Morgan fingerprint density at radius 1 is 1.00 bits per heavy atom. The smallest absolute Gasteiger partial charge is 0.262 e. The van der Waals surface area contributed by atoms with Crippen LogP contribution in [0.5, 0.6) is 0 Å². The zero-order valence-corrected chi connectivity index (χ0v) is 18.9. The topological polar surface area (TPSA) is 125 Å². The van der Waals surface area contributed by atoms with Crippen molar-refractivity contribution >= 4 is 55.5 Å². The molecule has 0 aliphatic carbocycles. The number of H-pyrrole nitrogens is 1. The summed E-state index contributed by atoms with van der Waals surface area (Å²) in [5, 5.41) is 7.58. The number of hydrogen-bond acceptors (Lipinski definition) is 5. The number of carbonyl (C=O) groups is 1. The highest BCUT2D eigenvalue weighted by Crippen LogP contribution is 2.25. The number of rotatable bonds is 5. The summed E-state index contributed by atoms with van der Waals surface area (Å²) >= 11 is 6.05. The standard InChI is InChI=1S/C23H16ClN5O4S/c24-18-9-2-3-10-19(18)28-34(32,33)15-7-5-6-14(12-15)26-23(31)17-13-25-29-20-11-4-1-8-16(20)22(30)27-21(17)29/h1-13,28H,(H,26,31)(H,27,30). The molecule has 3 aromatic carbocycles. The molecule has 11 heteroatoms. The molecule has 0 radical (unpaired) electrons. The molecular formula is C23H16ClN5O4S. The number of hydrogen-bond donors (Lipinski definition) is 3. The minimum Gasteiger partial charge on any atom is -0.322 e. The Labute approximate surface area is 198 Å². The quantitative estimate of drug-likeness (QED) is 0.342. The van der Waals surface area contributed by atoms with Crippen LogP contribution in [0.2, 0.25) is 5.02 Å². The minimum atomic E-state index is -3.96. The number of anilines is 2. The number of carbonyl (C=O) groups excluding carboxylic acids is 1. The maximum absolute atomic E-state index is 13.0. The normalized spacial score (nSPS) is 11.6. The molecule has 0 fully saturated rings. The Balaban J connectivity index is 1.45. The third-order valence-corrected chi connectivity index (χ3v) is 6.84. The number of aromatic nitrogens is 3. The average molecular weight is 494 g/mol. The van der Waals surface area contributed by atoms with Crippen LogP contribution in [0.4, 0.5) is 11.4 Å². The molecule has 0 spiro atoms. The maximum Gasteiger partial charge on any atom is 0.262 e. The van der Waals surface area contributed by atoms with Crippen LogP contribution in [0.1, 0.15) is 10.4 Å². The van der Waals surface area contributed by atoms with Gasteiger partial charge in [0.25, 0.3) is 21.5 Å². The second kappa shape index (κ2) is 8.32. The number of aromatic amines is 1. The molecule has 9 nitrogen and oxygen atoms in total. The molecule has 0 aliphatic heterocycles. The van der Waals surface area contributed by atoms with E-state index in [1.807, 2.05) is 0 Å². The first-order chi connectivity index (χ1) is 16.3. The number of amides is 1. The van der Waals surface area contributed by atoms with E-state index in [-0.39, 0.29) is 38.1 Å². The fourth-order valence-corrected chi connectivity index (χ4v) is 4.89. The molecule has 34 heavy (non-hydrogen) atoms. The minimum absolute atomic E-state index is 0.0653. The Hall–Kier alpha value is -4.15. The number of fused-ring (bicyclic) bond motifs is 3. The molecule has 5 rings (SSSR count). The van der Waals surface area contributed by atoms with Crippen molar-refractivity contribution in [1.82, 2.24) is 14.6 Å². The summed E-state index contributed by atoms with van der Waals surface area (Å²) < 4.78 is 29.5. The SMILES string of the molecule is O=C(Nc1cccc(S(=O)(=O)Nc2ccccc2Cl)c1)c1cnn2c1[nH]c(=O)c1ccccc12. The lowest BCUT2D eigenvalue weighted by molar-refractivity contribution is 0.102. The molecule has 0 saturated heterocycles. The van der Waals surface area contributed by atoms with Crippen molar-refractivity contribution in [3.05, 3.63) is 99.9 Å². The number of benzene rings is 3. The van der Waals surface area contributed by atoms with Crippen molar-refractivity contribution in [2.24, 2.45) is 0 Å². The second-order valence-corrected chi connectivity index (χ2v) is 9.45. The Morgan fingerprint density at radius 2 is 1.76 bits per heavy atom. The summed E-state index contributed by atoms with van der Waals surface area (Å²) in [6.45, 7) is 0. The maximum atomic E-state index is 13.0. The van der Waals surface area contributed by atoms with E-state index in [9.17, 15) is 18.0 Å². The highest BCUT2D eigenvalue weighted by Gasteiger charge is 2.19. The van der Waals surface area contributed by atoms with Crippen molar-refractivity contribution < 1.29 is 13.2 Å². The molecule has 0 saturated carbocycles. The number of nitrogens with one attached hydrogen (secondary N) is 3. The van der Waals surface area contributed by atoms with Gasteiger partial charge < -0.3 is 10.3 Å². The van der Waals surface area contributed by atoms with Gasteiger partial charge in [0.05, 0.1) is 32.7 Å². The van der Waals surface area contributed by atoms with Gasteiger partial charge in [-0.3, -0.25) is 14.3 Å². The highest BCUT2D eigenvalue weighted by atomic mass is 35.5. The molecule has 0 aliphatic rings. The molecule has 5 aromatic rings. The van der Waals surface area contributed by atoms with E-state index in [4.69, 9.17) is 11.6 Å².